The van der Waals surface area contributed by atoms with Crippen LogP contribution in [0, 0.1) is 23.0 Å². The number of benzene rings is 2. The summed E-state index contributed by atoms with van der Waals surface area (Å²) >= 11 is 0. The van der Waals surface area contributed by atoms with E-state index < -0.39 is 23.2 Å². The molecule has 0 aromatic heterocycles. The van der Waals surface area contributed by atoms with Gasteiger partial charge in [0.2, 0.25) is 0 Å². The van der Waals surface area contributed by atoms with Crippen LogP contribution < -0.4 is 9.47 Å². The Bertz CT molecular complexity index is 744. The van der Waals surface area contributed by atoms with Crippen molar-refractivity contribution in [3.05, 3.63) is 59.2 Å². The Morgan fingerprint density at radius 3 is 2.29 bits per heavy atom. The van der Waals surface area contributed by atoms with E-state index in [0.717, 1.165) is 25.0 Å². The Hall–Kier alpha value is -2.94. The van der Waals surface area contributed by atoms with Crippen molar-refractivity contribution in [2.45, 2.75) is 19.8 Å². The summed E-state index contributed by atoms with van der Waals surface area (Å²) < 4.78 is 37.4. The Morgan fingerprint density at radius 2 is 1.75 bits per heavy atom. The Morgan fingerprint density at radius 1 is 1.12 bits per heavy atom. The molecule has 0 saturated heterocycles. The molecule has 0 bridgehead atoms. The third kappa shape index (κ3) is 4.29. The van der Waals surface area contributed by atoms with Crippen LogP contribution in [0.1, 0.15) is 35.7 Å². The summed E-state index contributed by atoms with van der Waals surface area (Å²) in [4.78, 5) is 12.0. The van der Waals surface area contributed by atoms with Crippen molar-refractivity contribution in [2.24, 2.45) is 0 Å². The van der Waals surface area contributed by atoms with Crippen molar-refractivity contribution in [1.29, 1.82) is 5.26 Å². The van der Waals surface area contributed by atoms with E-state index in [1.807, 2.05) is 0 Å². The molecule has 4 nitrogen and oxygen atoms in total. The predicted octanol–water partition coefficient (Wildman–Crippen LogP) is 4.23. The van der Waals surface area contributed by atoms with Gasteiger partial charge in [0.25, 0.3) is 0 Å². The third-order valence-corrected chi connectivity index (χ3v) is 3.19. The second-order valence-corrected chi connectivity index (χ2v) is 4.99. The highest BCUT2D eigenvalue weighted by molar-refractivity contribution is 5.91. The minimum absolute atomic E-state index is 0.211. The molecule has 0 N–H and O–H groups in total. The van der Waals surface area contributed by atoms with Crippen molar-refractivity contribution in [3.63, 3.8) is 0 Å². The van der Waals surface area contributed by atoms with Crippen LogP contribution in [-0.4, -0.2) is 12.6 Å². The van der Waals surface area contributed by atoms with Crippen LogP contribution in [0.2, 0.25) is 0 Å². The maximum Gasteiger partial charge on any atom is 0.343 e. The first-order valence-electron chi connectivity index (χ1n) is 7.39. The molecule has 124 valence electrons. The van der Waals surface area contributed by atoms with Gasteiger partial charge in [0.1, 0.15) is 34.8 Å². The SMILES string of the molecule is CCCCOc1ccc(C(=O)Oc2cc(F)c(C#N)c(F)c2)cc1. The molecule has 0 spiro atoms. The fraction of sp³-hybridized carbons (Fsp3) is 0.222. The van der Waals surface area contributed by atoms with E-state index in [4.69, 9.17) is 14.7 Å². The topological polar surface area (TPSA) is 59.3 Å². The minimum Gasteiger partial charge on any atom is -0.494 e. The van der Waals surface area contributed by atoms with Gasteiger partial charge >= 0.3 is 5.97 Å². The number of hydrogen-bond acceptors (Lipinski definition) is 4. The smallest absolute Gasteiger partial charge is 0.343 e. The lowest BCUT2D eigenvalue weighted by atomic mass is 10.2. The van der Waals surface area contributed by atoms with Crippen LogP contribution in [-0.2, 0) is 0 Å². The summed E-state index contributed by atoms with van der Waals surface area (Å²) in [6, 6.07) is 9.22. The zero-order valence-electron chi connectivity index (χ0n) is 13.0. The lowest BCUT2D eigenvalue weighted by molar-refractivity contribution is 0.0734. The molecule has 0 radical (unpaired) electrons. The number of carbonyl (C=O) groups is 1. The summed E-state index contributed by atoms with van der Waals surface area (Å²) in [6.45, 7) is 2.64. The van der Waals surface area contributed by atoms with Gasteiger partial charge in [0.05, 0.1) is 12.2 Å². The van der Waals surface area contributed by atoms with Gasteiger partial charge in [-0.2, -0.15) is 5.26 Å². The average molecular weight is 331 g/mol. The summed E-state index contributed by atoms with van der Waals surface area (Å²) in [5.41, 5.74) is -0.508. The molecule has 0 aliphatic rings. The first-order valence-corrected chi connectivity index (χ1v) is 7.39. The maximum atomic E-state index is 13.5. The average Bonchev–Trinajstić information content (AvgIpc) is 2.55. The van der Waals surface area contributed by atoms with Crippen LogP contribution in [0.5, 0.6) is 11.5 Å². The molecular formula is C18H15F2NO3. The maximum absolute atomic E-state index is 13.5. The zero-order valence-corrected chi connectivity index (χ0v) is 13.0. The molecule has 0 saturated carbocycles. The summed E-state index contributed by atoms with van der Waals surface area (Å²) in [5, 5.41) is 8.60. The number of nitrogens with zero attached hydrogens (tertiary/aromatic N) is 1. The third-order valence-electron chi connectivity index (χ3n) is 3.19. The Balaban J connectivity index is 2.06. The van der Waals surface area contributed by atoms with Crippen molar-refractivity contribution in [3.8, 4) is 17.6 Å². The number of ether oxygens (including phenoxy) is 2. The number of esters is 1. The number of unbranched alkanes of at least 4 members (excludes halogenated alkanes) is 1. The molecule has 0 fully saturated rings. The first-order chi connectivity index (χ1) is 11.5. The van der Waals surface area contributed by atoms with E-state index in [1.165, 1.54) is 18.2 Å². The second kappa shape index (κ2) is 8.06. The minimum atomic E-state index is -1.08. The number of hydrogen-bond donors (Lipinski definition) is 0. The highest BCUT2D eigenvalue weighted by Gasteiger charge is 2.15. The van der Waals surface area contributed by atoms with E-state index in [0.29, 0.717) is 12.4 Å². The van der Waals surface area contributed by atoms with Crippen LogP contribution in [0.4, 0.5) is 8.78 Å². The van der Waals surface area contributed by atoms with Gasteiger partial charge in [-0.05, 0) is 30.7 Å². The molecule has 0 aliphatic carbocycles. The molecule has 0 atom stereocenters. The summed E-state index contributed by atoms with van der Waals surface area (Å²) in [5.74, 6) is -2.62. The number of rotatable bonds is 6. The van der Waals surface area contributed by atoms with Gasteiger partial charge in [0, 0.05) is 12.1 Å². The van der Waals surface area contributed by atoms with Gasteiger partial charge in [-0.3, -0.25) is 0 Å². The van der Waals surface area contributed by atoms with Crippen molar-refractivity contribution in [1.82, 2.24) is 0 Å². The van der Waals surface area contributed by atoms with Gasteiger partial charge < -0.3 is 9.47 Å². The molecule has 0 amide bonds. The van der Waals surface area contributed by atoms with E-state index in [2.05, 4.69) is 6.92 Å². The molecule has 2 rings (SSSR count). The molecule has 0 unspecified atom stereocenters. The number of carbonyl (C=O) groups excluding carboxylic acids is 1. The lowest BCUT2D eigenvalue weighted by Crippen LogP contribution is -2.09. The monoisotopic (exact) mass is 331 g/mol. The van der Waals surface area contributed by atoms with E-state index >= 15 is 0 Å². The number of halogens is 2. The second-order valence-electron chi connectivity index (χ2n) is 4.99. The largest absolute Gasteiger partial charge is 0.494 e. The van der Waals surface area contributed by atoms with Crippen LogP contribution in [0.3, 0.4) is 0 Å². The van der Waals surface area contributed by atoms with E-state index in [-0.39, 0.29) is 11.3 Å². The predicted molar refractivity (Wildman–Crippen MR) is 82.9 cm³/mol. The fourth-order valence-electron chi connectivity index (χ4n) is 1.90. The Labute approximate surface area is 138 Å². The van der Waals surface area contributed by atoms with Gasteiger partial charge in [0.15, 0.2) is 0 Å². The van der Waals surface area contributed by atoms with Crippen LogP contribution >= 0.6 is 0 Å². The van der Waals surface area contributed by atoms with Crippen molar-refractivity contribution >= 4 is 5.97 Å². The standard InChI is InChI=1S/C18H15F2NO3/c1-2-3-8-23-13-6-4-12(5-7-13)18(22)24-14-9-16(19)15(11-21)17(20)10-14/h4-7,9-10H,2-3,8H2,1H3. The van der Waals surface area contributed by atoms with Gasteiger partial charge in [-0.25, -0.2) is 13.6 Å². The van der Waals surface area contributed by atoms with Gasteiger partial charge in [-0.1, -0.05) is 13.3 Å². The quantitative estimate of drug-likeness (QED) is 0.451. The summed E-state index contributed by atoms with van der Waals surface area (Å²) in [6.07, 6.45) is 1.95. The van der Waals surface area contributed by atoms with E-state index in [1.54, 1.807) is 12.1 Å². The summed E-state index contributed by atoms with van der Waals surface area (Å²) in [7, 11) is 0. The van der Waals surface area contributed by atoms with Crippen LogP contribution in [0.15, 0.2) is 36.4 Å². The highest BCUT2D eigenvalue weighted by atomic mass is 19.1. The molecule has 0 heterocycles. The molecule has 2 aromatic rings. The molecule has 0 aliphatic heterocycles. The molecule has 24 heavy (non-hydrogen) atoms. The molecule has 2 aromatic carbocycles. The lowest BCUT2D eigenvalue weighted by Gasteiger charge is -2.08. The van der Waals surface area contributed by atoms with Crippen molar-refractivity contribution < 1.29 is 23.0 Å². The normalized spacial score (nSPS) is 10.1. The molecule has 6 heteroatoms. The van der Waals surface area contributed by atoms with Crippen LogP contribution in [0.25, 0.3) is 0 Å². The van der Waals surface area contributed by atoms with E-state index in [9.17, 15) is 13.6 Å². The van der Waals surface area contributed by atoms with Gasteiger partial charge in [-0.15, -0.1) is 0 Å². The Kier molecular flexibility index (Phi) is 5.85. The number of nitriles is 1. The zero-order chi connectivity index (χ0) is 17.5. The fourth-order valence-corrected chi connectivity index (χ4v) is 1.90. The van der Waals surface area contributed by atoms with Crippen molar-refractivity contribution in [2.75, 3.05) is 6.61 Å². The highest BCUT2D eigenvalue weighted by Crippen LogP contribution is 2.21. The first kappa shape index (κ1) is 17.4. The molecular weight excluding hydrogens is 316 g/mol.